The number of nitrogens with zero attached hydrogens (tertiary/aromatic N) is 1. The molecule has 1 fully saturated rings. The van der Waals surface area contributed by atoms with Crippen molar-refractivity contribution >= 4 is 17.6 Å². The maximum absolute atomic E-state index is 10.4. The summed E-state index contributed by atoms with van der Waals surface area (Å²) < 4.78 is 0. The minimum Gasteiger partial charge on any atom is -0.480 e. The number of nitrogens with one attached hydrogen (secondary N) is 2. The lowest BCUT2D eigenvalue weighted by Gasteiger charge is -2.17. The topological polar surface area (TPSA) is 103 Å². The molecule has 1 aromatic heterocycles. The van der Waals surface area contributed by atoms with Gasteiger partial charge in [0.2, 0.25) is 5.91 Å². The summed E-state index contributed by atoms with van der Waals surface area (Å²) in [6, 6.07) is 1.34. The summed E-state index contributed by atoms with van der Waals surface area (Å²) in [6.07, 6.45) is 5.65. The molecule has 0 bridgehead atoms. The third-order valence-corrected chi connectivity index (χ3v) is 3.67. The Kier molecular flexibility index (Phi) is 4.67. The van der Waals surface area contributed by atoms with E-state index in [0.29, 0.717) is 12.8 Å². The number of rotatable bonds is 1. The zero-order valence-electron chi connectivity index (χ0n) is 12.0. The van der Waals surface area contributed by atoms with Gasteiger partial charge in [-0.25, -0.2) is 4.79 Å². The smallest absolute Gasteiger partial charge is 0.326 e. The zero-order chi connectivity index (χ0) is 15.4. The van der Waals surface area contributed by atoms with Crippen molar-refractivity contribution in [3.8, 4) is 0 Å². The molecule has 21 heavy (non-hydrogen) atoms. The lowest BCUT2D eigenvalue weighted by atomic mass is 9.91. The van der Waals surface area contributed by atoms with Crippen LogP contribution in [-0.4, -0.2) is 33.7 Å². The summed E-state index contributed by atoms with van der Waals surface area (Å²) in [5.41, 5.74) is 4.18. The number of fused-ring (bicyclic) bond motifs is 1. The molecule has 0 unspecified atom stereocenters. The van der Waals surface area contributed by atoms with Crippen LogP contribution in [0.15, 0.2) is 12.3 Å². The number of aliphatic carboxylic acids is 1. The standard InChI is InChI=1S/C10H12N2.C5H7NO3/c1-7-5-6-12-9-4-2-3-8(11)10(7)9;7-4-2-1-3(6-4)5(8)9/h5-6,11H,2-4H2,1H3;3H,1-2H2,(H,6,7)(H,8,9)/t;3-/m.0/s1. The fraction of sp³-hybridized carbons (Fsp3) is 0.467. The molecule has 2 aliphatic rings. The first-order valence-corrected chi connectivity index (χ1v) is 7.03. The van der Waals surface area contributed by atoms with E-state index in [1.807, 2.05) is 12.3 Å². The van der Waals surface area contributed by atoms with Gasteiger partial charge in [0.15, 0.2) is 0 Å². The SMILES string of the molecule is Cc1ccnc2c1C(=N)CCC2.O=C1CC[C@@H](C(=O)O)N1. The number of pyridine rings is 1. The Balaban J connectivity index is 0.000000161. The molecule has 0 spiro atoms. The van der Waals surface area contributed by atoms with E-state index in [-0.39, 0.29) is 5.91 Å². The highest BCUT2D eigenvalue weighted by Crippen LogP contribution is 2.21. The Bertz CT molecular complexity index is 584. The van der Waals surface area contributed by atoms with E-state index >= 15 is 0 Å². The molecule has 0 saturated carbocycles. The van der Waals surface area contributed by atoms with Gasteiger partial charge in [0, 0.05) is 29.6 Å². The average molecular weight is 289 g/mol. The van der Waals surface area contributed by atoms with Crippen molar-refractivity contribution in [2.45, 2.75) is 45.1 Å². The summed E-state index contributed by atoms with van der Waals surface area (Å²) in [4.78, 5) is 24.8. The van der Waals surface area contributed by atoms with Crippen molar-refractivity contribution in [3.05, 3.63) is 29.1 Å². The van der Waals surface area contributed by atoms with Gasteiger partial charge in [-0.05, 0) is 44.2 Å². The van der Waals surface area contributed by atoms with Crippen LogP contribution < -0.4 is 5.32 Å². The molecule has 3 N–H and O–H groups in total. The minimum absolute atomic E-state index is 0.164. The first-order valence-electron chi connectivity index (χ1n) is 7.03. The van der Waals surface area contributed by atoms with Gasteiger partial charge >= 0.3 is 5.97 Å². The highest BCUT2D eigenvalue weighted by molar-refractivity contribution is 6.01. The van der Waals surface area contributed by atoms with Crippen LogP contribution in [-0.2, 0) is 16.0 Å². The van der Waals surface area contributed by atoms with Gasteiger partial charge in [-0.15, -0.1) is 0 Å². The van der Waals surface area contributed by atoms with Crippen LogP contribution in [0, 0.1) is 12.3 Å². The number of aryl methyl sites for hydroxylation is 2. The van der Waals surface area contributed by atoms with Crippen LogP contribution in [0.1, 0.15) is 42.5 Å². The fourth-order valence-electron chi connectivity index (χ4n) is 2.57. The number of carbonyl (C=O) groups is 2. The number of carbonyl (C=O) groups excluding carboxylic acids is 1. The maximum Gasteiger partial charge on any atom is 0.326 e. The van der Waals surface area contributed by atoms with Gasteiger partial charge in [0.25, 0.3) is 0 Å². The van der Waals surface area contributed by atoms with Crippen molar-refractivity contribution in [2.24, 2.45) is 0 Å². The average Bonchev–Trinajstić information content (AvgIpc) is 2.87. The summed E-state index contributed by atoms with van der Waals surface area (Å²) in [5, 5.41) is 18.4. The van der Waals surface area contributed by atoms with Gasteiger partial charge < -0.3 is 15.8 Å². The molecule has 0 aromatic carbocycles. The molecule has 112 valence electrons. The Labute approximate surface area is 123 Å². The van der Waals surface area contributed by atoms with Crippen LogP contribution in [0.25, 0.3) is 0 Å². The lowest BCUT2D eigenvalue weighted by molar-refractivity contribution is -0.140. The van der Waals surface area contributed by atoms with Gasteiger partial charge in [0.05, 0.1) is 0 Å². The molecule has 3 rings (SSSR count). The quantitative estimate of drug-likeness (QED) is 0.727. The zero-order valence-corrected chi connectivity index (χ0v) is 12.0. The molecule has 0 radical (unpaired) electrons. The molecule has 6 heteroatoms. The largest absolute Gasteiger partial charge is 0.480 e. The molecule has 1 saturated heterocycles. The summed E-state index contributed by atoms with van der Waals surface area (Å²) in [7, 11) is 0. The molecule has 1 atom stereocenters. The maximum atomic E-state index is 10.4. The number of aromatic nitrogens is 1. The van der Waals surface area contributed by atoms with Gasteiger partial charge in [-0.1, -0.05) is 0 Å². The first kappa shape index (κ1) is 15.2. The van der Waals surface area contributed by atoms with E-state index < -0.39 is 12.0 Å². The van der Waals surface area contributed by atoms with Crippen molar-refractivity contribution in [2.75, 3.05) is 0 Å². The predicted octanol–water partition coefficient (Wildman–Crippen LogP) is 1.44. The number of amides is 1. The lowest BCUT2D eigenvalue weighted by Crippen LogP contribution is -2.32. The van der Waals surface area contributed by atoms with Crippen molar-refractivity contribution in [1.82, 2.24) is 10.3 Å². The summed E-state index contributed by atoms with van der Waals surface area (Å²) >= 11 is 0. The van der Waals surface area contributed by atoms with E-state index in [0.717, 1.165) is 36.2 Å². The van der Waals surface area contributed by atoms with E-state index in [1.165, 1.54) is 5.56 Å². The molecule has 6 nitrogen and oxygen atoms in total. The van der Waals surface area contributed by atoms with E-state index in [9.17, 15) is 9.59 Å². The third kappa shape index (κ3) is 3.65. The van der Waals surface area contributed by atoms with E-state index in [2.05, 4.69) is 17.2 Å². The molecule has 2 heterocycles. The number of hydrogen-bond acceptors (Lipinski definition) is 4. The second-order valence-corrected chi connectivity index (χ2v) is 5.28. The van der Waals surface area contributed by atoms with Crippen LogP contribution >= 0.6 is 0 Å². The Morgan fingerprint density at radius 3 is 2.71 bits per heavy atom. The van der Waals surface area contributed by atoms with Gasteiger partial charge in [0.1, 0.15) is 6.04 Å². The molecular formula is C15H19N3O3. The second-order valence-electron chi connectivity index (χ2n) is 5.28. The number of carboxylic acids is 1. The molecule has 1 amide bonds. The Hall–Kier alpha value is -2.24. The van der Waals surface area contributed by atoms with E-state index in [1.54, 1.807) is 0 Å². The van der Waals surface area contributed by atoms with Crippen LogP contribution in [0.4, 0.5) is 0 Å². The monoisotopic (exact) mass is 289 g/mol. The van der Waals surface area contributed by atoms with Crippen molar-refractivity contribution in [1.29, 1.82) is 5.41 Å². The number of carboxylic acid groups (broad SMARTS) is 1. The van der Waals surface area contributed by atoms with Crippen LogP contribution in [0.2, 0.25) is 0 Å². The van der Waals surface area contributed by atoms with Crippen LogP contribution in [0.5, 0.6) is 0 Å². The third-order valence-electron chi connectivity index (χ3n) is 3.67. The fourth-order valence-corrected chi connectivity index (χ4v) is 2.57. The Morgan fingerprint density at radius 2 is 2.19 bits per heavy atom. The highest BCUT2D eigenvalue weighted by Gasteiger charge is 2.26. The summed E-state index contributed by atoms with van der Waals surface area (Å²) in [6.45, 7) is 2.06. The molecule has 1 aliphatic heterocycles. The van der Waals surface area contributed by atoms with Crippen molar-refractivity contribution in [3.63, 3.8) is 0 Å². The minimum atomic E-state index is -0.944. The van der Waals surface area contributed by atoms with Gasteiger partial charge in [-0.2, -0.15) is 0 Å². The van der Waals surface area contributed by atoms with Gasteiger partial charge in [-0.3, -0.25) is 9.78 Å². The molecule has 1 aliphatic carbocycles. The predicted molar refractivity (Wildman–Crippen MR) is 77.5 cm³/mol. The van der Waals surface area contributed by atoms with Crippen molar-refractivity contribution < 1.29 is 14.7 Å². The Morgan fingerprint density at radius 1 is 1.43 bits per heavy atom. The molecular weight excluding hydrogens is 270 g/mol. The molecule has 1 aromatic rings. The second kappa shape index (κ2) is 6.47. The normalized spacial score (nSPS) is 20.1. The van der Waals surface area contributed by atoms with E-state index in [4.69, 9.17) is 10.5 Å². The number of hydrogen-bond donors (Lipinski definition) is 3. The highest BCUT2D eigenvalue weighted by atomic mass is 16.4. The van der Waals surface area contributed by atoms with Crippen LogP contribution in [0.3, 0.4) is 0 Å². The first-order chi connectivity index (χ1) is 9.99. The summed E-state index contributed by atoms with van der Waals surface area (Å²) in [5.74, 6) is -1.11.